The van der Waals surface area contributed by atoms with Gasteiger partial charge in [0, 0.05) is 13.1 Å². The van der Waals surface area contributed by atoms with Gasteiger partial charge in [0.15, 0.2) is 0 Å². The highest BCUT2D eigenvalue weighted by atomic mass is 19.4. The molecular weight excluding hydrogens is 475 g/mol. The van der Waals surface area contributed by atoms with Gasteiger partial charge in [-0.2, -0.15) is 30.7 Å². The van der Waals surface area contributed by atoms with Crippen LogP contribution >= 0.6 is 0 Å². The lowest BCUT2D eigenvalue weighted by atomic mass is 10.1. The summed E-state index contributed by atoms with van der Waals surface area (Å²) in [7, 11) is 0. The maximum Gasteiger partial charge on any atom is 0.460 e. The molecule has 0 aromatic heterocycles. The Kier molecular flexibility index (Phi) is 17.7. The van der Waals surface area contributed by atoms with Gasteiger partial charge < -0.3 is 4.90 Å². The van der Waals surface area contributed by atoms with Gasteiger partial charge in [0.25, 0.3) is 5.91 Å². The first kappa shape index (κ1) is 34.0. The zero-order valence-electron chi connectivity index (χ0n) is 21.6. The van der Waals surface area contributed by atoms with Gasteiger partial charge in [-0.3, -0.25) is 4.79 Å². The van der Waals surface area contributed by atoms with Crippen molar-refractivity contribution in [2.45, 2.75) is 147 Å². The van der Waals surface area contributed by atoms with Crippen molar-refractivity contribution in [2.24, 2.45) is 0 Å². The largest absolute Gasteiger partial charge is 0.460 e. The van der Waals surface area contributed by atoms with Crippen LogP contribution in [0, 0.1) is 0 Å². The van der Waals surface area contributed by atoms with Gasteiger partial charge >= 0.3 is 18.0 Å². The molecule has 0 bridgehead atoms. The molecule has 210 valence electrons. The predicted molar refractivity (Wildman–Crippen MR) is 127 cm³/mol. The number of alkyl halides is 7. The zero-order chi connectivity index (χ0) is 26.8. The summed E-state index contributed by atoms with van der Waals surface area (Å²) in [6.45, 7) is 3.76. The van der Waals surface area contributed by atoms with Crippen molar-refractivity contribution in [1.29, 1.82) is 0 Å². The third kappa shape index (κ3) is 13.2. The maximum absolute atomic E-state index is 14.0. The van der Waals surface area contributed by atoms with Crippen molar-refractivity contribution in [3.05, 3.63) is 0 Å². The molecule has 0 fully saturated rings. The molecule has 0 N–H and O–H groups in total. The van der Waals surface area contributed by atoms with Crippen molar-refractivity contribution in [3.63, 3.8) is 0 Å². The van der Waals surface area contributed by atoms with Gasteiger partial charge in [0.05, 0.1) is 0 Å². The second-order valence-electron chi connectivity index (χ2n) is 9.60. The van der Waals surface area contributed by atoms with Crippen LogP contribution in [0.15, 0.2) is 0 Å². The van der Waals surface area contributed by atoms with Gasteiger partial charge in [0.2, 0.25) is 0 Å². The first-order valence-corrected chi connectivity index (χ1v) is 13.5. The summed E-state index contributed by atoms with van der Waals surface area (Å²) in [6, 6.07) is 0. The molecule has 1 amide bonds. The minimum absolute atomic E-state index is 0.241. The summed E-state index contributed by atoms with van der Waals surface area (Å²) in [6.07, 6.45) is 10.0. The molecule has 0 aromatic carbocycles. The van der Waals surface area contributed by atoms with Crippen LogP contribution in [0.1, 0.15) is 129 Å². The molecule has 0 saturated carbocycles. The fraction of sp³-hybridized carbons (Fsp3) is 0.962. The van der Waals surface area contributed by atoms with E-state index in [1.165, 1.54) is 12.8 Å². The van der Waals surface area contributed by atoms with E-state index in [0.717, 1.165) is 77.0 Å². The molecular formula is C26H46F7NO. The van der Waals surface area contributed by atoms with Crippen molar-refractivity contribution < 1.29 is 35.5 Å². The van der Waals surface area contributed by atoms with E-state index in [2.05, 4.69) is 13.8 Å². The minimum atomic E-state index is -6.51. The summed E-state index contributed by atoms with van der Waals surface area (Å²) in [4.78, 5) is 12.7. The van der Waals surface area contributed by atoms with Gasteiger partial charge in [0.1, 0.15) is 0 Å². The molecule has 0 aliphatic heterocycles. The number of amides is 1. The lowest BCUT2D eigenvalue weighted by molar-refractivity contribution is -0.345. The van der Waals surface area contributed by atoms with Crippen LogP contribution in [0.4, 0.5) is 30.7 Å². The van der Waals surface area contributed by atoms with Crippen LogP contribution in [0.5, 0.6) is 0 Å². The van der Waals surface area contributed by atoms with Gasteiger partial charge in [-0.05, 0) is 12.8 Å². The van der Waals surface area contributed by atoms with E-state index in [-0.39, 0.29) is 13.1 Å². The average Bonchev–Trinajstić information content (AvgIpc) is 2.79. The molecule has 2 nitrogen and oxygen atoms in total. The van der Waals surface area contributed by atoms with E-state index < -0.39 is 23.9 Å². The molecule has 0 atom stereocenters. The number of rotatable bonds is 22. The van der Waals surface area contributed by atoms with Crippen LogP contribution in [-0.2, 0) is 4.79 Å². The molecule has 0 unspecified atom stereocenters. The molecule has 0 spiro atoms. The Bertz CT molecular complexity index is 516. The number of carbonyl (C=O) groups excluding carboxylic acids is 1. The standard InChI is InChI=1S/C26H46F7NO/c1-3-5-7-9-11-13-15-17-19-21-34(22-20-18-16-14-12-10-8-6-4-2)23(35)24(27,28)25(29,30)26(31,32)33/h3-22H2,1-2H3. The molecule has 0 heterocycles. The monoisotopic (exact) mass is 521 g/mol. The molecule has 0 aliphatic carbocycles. The summed E-state index contributed by atoms with van der Waals surface area (Å²) in [5, 5.41) is 0. The van der Waals surface area contributed by atoms with E-state index in [0.29, 0.717) is 30.6 Å². The molecule has 35 heavy (non-hydrogen) atoms. The quantitative estimate of drug-likeness (QED) is 0.103. The SMILES string of the molecule is CCCCCCCCCCCN(CCCCCCCCCCC)C(=O)C(F)(F)C(F)(F)C(F)(F)F. The Balaban J connectivity index is 4.73. The van der Waals surface area contributed by atoms with E-state index in [4.69, 9.17) is 0 Å². The van der Waals surface area contributed by atoms with Gasteiger partial charge in [-0.1, -0.05) is 117 Å². The van der Waals surface area contributed by atoms with Crippen molar-refractivity contribution in [2.75, 3.05) is 13.1 Å². The zero-order valence-corrected chi connectivity index (χ0v) is 21.6. The summed E-state index contributed by atoms with van der Waals surface area (Å²) in [5.41, 5.74) is 0. The van der Waals surface area contributed by atoms with Crippen LogP contribution in [0.2, 0.25) is 0 Å². The first-order chi connectivity index (χ1) is 16.4. The number of nitrogens with zero attached hydrogens (tertiary/aromatic N) is 1. The normalized spacial score (nSPS) is 12.8. The second kappa shape index (κ2) is 18.3. The Hall–Kier alpha value is -1.02. The predicted octanol–water partition coefficient (Wildman–Crippen LogP) is 9.71. The van der Waals surface area contributed by atoms with Crippen molar-refractivity contribution in [3.8, 4) is 0 Å². The van der Waals surface area contributed by atoms with Gasteiger partial charge in [-0.15, -0.1) is 0 Å². The Morgan fingerprint density at radius 1 is 0.514 bits per heavy atom. The van der Waals surface area contributed by atoms with Crippen molar-refractivity contribution in [1.82, 2.24) is 4.90 Å². The van der Waals surface area contributed by atoms with E-state index in [1.807, 2.05) is 0 Å². The van der Waals surface area contributed by atoms with E-state index in [9.17, 15) is 35.5 Å². The average molecular weight is 522 g/mol. The number of unbranched alkanes of at least 4 members (excludes halogenated alkanes) is 16. The maximum atomic E-state index is 14.0. The van der Waals surface area contributed by atoms with Crippen LogP contribution in [0.25, 0.3) is 0 Å². The minimum Gasteiger partial charge on any atom is -0.337 e. The second-order valence-corrected chi connectivity index (χ2v) is 9.60. The number of halogens is 7. The topological polar surface area (TPSA) is 20.3 Å². The Morgan fingerprint density at radius 3 is 1.09 bits per heavy atom. The molecule has 9 heteroatoms. The highest BCUT2D eigenvalue weighted by molar-refractivity contribution is 5.85. The molecule has 0 radical (unpaired) electrons. The van der Waals surface area contributed by atoms with E-state index in [1.54, 1.807) is 0 Å². The van der Waals surface area contributed by atoms with Crippen LogP contribution in [-0.4, -0.2) is 41.9 Å². The lowest BCUT2D eigenvalue weighted by Crippen LogP contribution is -2.60. The lowest BCUT2D eigenvalue weighted by Gasteiger charge is -2.32. The summed E-state index contributed by atoms with van der Waals surface area (Å²) in [5.74, 6) is -14.7. The summed E-state index contributed by atoms with van der Waals surface area (Å²) >= 11 is 0. The smallest absolute Gasteiger partial charge is 0.337 e. The van der Waals surface area contributed by atoms with E-state index >= 15 is 0 Å². The molecule has 0 aliphatic rings. The molecule has 0 rings (SSSR count). The highest BCUT2D eigenvalue weighted by Gasteiger charge is 2.76. The summed E-state index contributed by atoms with van der Waals surface area (Å²) < 4.78 is 92.6. The van der Waals surface area contributed by atoms with Crippen molar-refractivity contribution >= 4 is 5.91 Å². The number of hydrogen-bond acceptors (Lipinski definition) is 1. The molecule has 0 saturated heterocycles. The Morgan fingerprint density at radius 2 is 0.800 bits per heavy atom. The highest BCUT2D eigenvalue weighted by Crippen LogP contribution is 2.47. The number of carbonyl (C=O) groups is 1. The Labute approximate surface area is 207 Å². The fourth-order valence-electron chi connectivity index (χ4n) is 4.05. The molecule has 0 aromatic rings. The van der Waals surface area contributed by atoms with Crippen LogP contribution < -0.4 is 0 Å². The third-order valence-corrected chi connectivity index (χ3v) is 6.37. The first-order valence-electron chi connectivity index (χ1n) is 13.5. The van der Waals surface area contributed by atoms with Crippen LogP contribution in [0.3, 0.4) is 0 Å². The van der Waals surface area contributed by atoms with Gasteiger partial charge in [-0.25, -0.2) is 0 Å². The number of hydrogen-bond donors (Lipinski definition) is 0. The third-order valence-electron chi connectivity index (χ3n) is 6.37. The fourth-order valence-corrected chi connectivity index (χ4v) is 4.05.